The molecule has 3 nitrogen and oxygen atoms in total. The Labute approximate surface area is 139 Å². The average molecular weight is 310 g/mol. The fraction of sp³-hybridized carbons (Fsp3) is 0.400. The number of rotatable bonds is 6. The molecule has 122 valence electrons. The van der Waals surface area contributed by atoms with Crippen molar-refractivity contribution in [2.45, 2.75) is 46.5 Å². The molecule has 2 rings (SSSR count). The molecule has 0 unspecified atom stereocenters. The second kappa shape index (κ2) is 8.47. The van der Waals surface area contributed by atoms with Crippen LogP contribution < -0.4 is 5.32 Å². The van der Waals surface area contributed by atoms with E-state index in [1.165, 1.54) is 23.1 Å². The molecule has 0 atom stereocenters. The highest BCUT2D eigenvalue weighted by Gasteiger charge is 2.13. The van der Waals surface area contributed by atoms with E-state index in [1.807, 2.05) is 32.2 Å². The molecule has 0 heterocycles. The van der Waals surface area contributed by atoms with Crippen molar-refractivity contribution in [3.63, 3.8) is 0 Å². The van der Waals surface area contributed by atoms with Gasteiger partial charge in [0.05, 0.1) is 6.54 Å². The lowest BCUT2D eigenvalue weighted by molar-refractivity contribution is -0.112. The number of fused-ring (bicyclic) bond motifs is 1. The Morgan fingerprint density at radius 3 is 2.74 bits per heavy atom. The monoisotopic (exact) mass is 310 g/mol. The van der Waals surface area contributed by atoms with Crippen LogP contribution in [-0.2, 0) is 17.6 Å². The number of benzene rings is 1. The van der Waals surface area contributed by atoms with Crippen LogP contribution in [0.5, 0.6) is 0 Å². The smallest absolute Gasteiger partial charge is 0.251 e. The largest absolute Gasteiger partial charge is 0.322 e. The number of aliphatic imine (C=N–C) groups is 1. The number of nitrogens with zero attached hydrogens (tertiary/aromatic N) is 1. The van der Waals surface area contributed by atoms with Crippen LogP contribution in [0.15, 0.2) is 46.5 Å². The number of carbonyl (C=O) groups excluding carboxylic acids is 1. The summed E-state index contributed by atoms with van der Waals surface area (Å²) in [5.41, 5.74) is 5.64. The maximum atomic E-state index is 12.4. The van der Waals surface area contributed by atoms with Gasteiger partial charge in [0, 0.05) is 23.9 Å². The van der Waals surface area contributed by atoms with Crippen LogP contribution in [0.1, 0.15) is 44.7 Å². The molecule has 3 heteroatoms. The number of hydrogen-bond donors (Lipinski definition) is 1. The number of hydrogen-bond acceptors (Lipinski definition) is 2. The molecule has 0 radical (unpaired) electrons. The Morgan fingerprint density at radius 1 is 1.22 bits per heavy atom. The van der Waals surface area contributed by atoms with Crippen molar-refractivity contribution in [1.82, 2.24) is 0 Å². The fourth-order valence-corrected chi connectivity index (χ4v) is 2.67. The van der Waals surface area contributed by atoms with Crippen molar-refractivity contribution in [2.24, 2.45) is 4.99 Å². The summed E-state index contributed by atoms with van der Waals surface area (Å²) in [5, 5.41) is 3.00. The first-order chi connectivity index (χ1) is 11.1. The Bertz CT molecular complexity index is 654. The molecule has 1 aliphatic rings. The molecule has 1 aliphatic carbocycles. The third-order valence-corrected chi connectivity index (χ3v) is 4.27. The maximum Gasteiger partial charge on any atom is 0.251 e. The molecule has 0 saturated carbocycles. The molecule has 1 N–H and O–H groups in total. The van der Waals surface area contributed by atoms with Crippen molar-refractivity contribution >= 4 is 17.8 Å². The van der Waals surface area contributed by atoms with Crippen LogP contribution in [-0.4, -0.2) is 18.7 Å². The van der Waals surface area contributed by atoms with E-state index in [9.17, 15) is 4.79 Å². The van der Waals surface area contributed by atoms with Gasteiger partial charge in [0.1, 0.15) is 0 Å². The lowest BCUT2D eigenvalue weighted by Gasteiger charge is -2.09. The first-order valence-electron chi connectivity index (χ1n) is 8.32. The lowest BCUT2D eigenvalue weighted by atomic mass is 10.1. The normalized spacial score (nSPS) is 15.1. The summed E-state index contributed by atoms with van der Waals surface area (Å²) in [6.07, 6.45) is 9.79. The topological polar surface area (TPSA) is 41.5 Å². The second-order valence-corrected chi connectivity index (χ2v) is 5.97. The highest BCUT2D eigenvalue weighted by atomic mass is 16.1. The van der Waals surface area contributed by atoms with E-state index in [-0.39, 0.29) is 5.91 Å². The fourth-order valence-electron chi connectivity index (χ4n) is 2.67. The van der Waals surface area contributed by atoms with E-state index >= 15 is 0 Å². The standard InChI is InChI=1S/C20H26N2O/c1-4-15(3)14-21-12-11-16(5-2)20(23)22-19-10-9-17-7-6-8-18(17)13-19/h4-5,9-10,12-13H,6-8,11,14H2,1-3H3,(H,22,23)/b15-4+,16-5+,21-12?. The van der Waals surface area contributed by atoms with E-state index in [1.54, 1.807) is 0 Å². The van der Waals surface area contributed by atoms with Crippen LogP contribution in [0.25, 0.3) is 0 Å². The lowest BCUT2D eigenvalue weighted by Crippen LogP contribution is -2.15. The molecule has 1 aromatic carbocycles. The van der Waals surface area contributed by atoms with Gasteiger partial charge in [-0.05, 0) is 63.3 Å². The van der Waals surface area contributed by atoms with Gasteiger partial charge in [-0.3, -0.25) is 9.79 Å². The van der Waals surface area contributed by atoms with Gasteiger partial charge in [0.2, 0.25) is 0 Å². The molecule has 0 spiro atoms. The molecule has 1 aromatic rings. The molecule has 0 aromatic heterocycles. The second-order valence-electron chi connectivity index (χ2n) is 5.97. The van der Waals surface area contributed by atoms with Crippen molar-refractivity contribution in [2.75, 3.05) is 11.9 Å². The van der Waals surface area contributed by atoms with Crippen LogP contribution in [0.4, 0.5) is 5.69 Å². The van der Waals surface area contributed by atoms with E-state index in [2.05, 4.69) is 35.4 Å². The van der Waals surface area contributed by atoms with E-state index in [0.29, 0.717) is 13.0 Å². The van der Waals surface area contributed by atoms with Crippen molar-refractivity contribution in [1.29, 1.82) is 0 Å². The summed E-state index contributed by atoms with van der Waals surface area (Å²) < 4.78 is 0. The number of aryl methyl sites for hydroxylation is 2. The molecule has 23 heavy (non-hydrogen) atoms. The van der Waals surface area contributed by atoms with Gasteiger partial charge in [-0.1, -0.05) is 23.8 Å². The highest BCUT2D eigenvalue weighted by molar-refractivity contribution is 6.05. The van der Waals surface area contributed by atoms with Crippen molar-refractivity contribution < 1.29 is 4.79 Å². The Kier molecular flexibility index (Phi) is 6.33. The van der Waals surface area contributed by atoms with Crippen molar-refractivity contribution in [3.05, 3.63) is 52.6 Å². The first kappa shape index (κ1) is 17.2. The quantitative estimate of drug-likeness (QED) is 0.469. The number of anilines is 1. The molecule has 0 aliphatic heterocycles. The molecule has 0 fully saturated rings. The van der Waals surface area contributed by atoms with Crippen LogP contribution >= 0.6 is 0 Å². The zero-order chi connectivity index (χ0) is 16.7. The summed E-state index contributed by atoms with van der Waals surface area (Å²) in [4.78, 5) is 16.7. The molecular weight excluding hydrogens is 284 g/mol. The van der Waals surface area contributed by atoms with Gasteiger partial charge in [-0.25, -0.2) is 0 Å². The Morgan fingerprint density at radius 2 is 2.00 bits per heavy atom. The average Bonchev–Trinajstić information content (AvgIpc) is 3.02. The third-order valence-electron chi connectivity index (χ3n) is 4.27. The van der Waals surface area contributed by atoms with Gasteiger partial charge in [-0.2, -0.15) is 0 Å². The minimum Gasteiger partial charge on any atom is -0.322 e. The molecule has 1 amide bonds. The van der Waals surface area contributed by atoms with Crippen LogP contribution in [0.3, 0.4) is 0 Å². The Hall–Kier alpha value is -2.16. The summed E-state index contributed by atoms with van der Waals surface area (Å²) in [6.45, 7) is 6.64. The van der Waals surface area contributed by atoms with E-state index in [0.717, 1.165) is 24.1 Å². The summed E-state index contributed by atoms with van der Waals surface area (Å²) in [5.74, 6) is -0.0420. The van der Waals surface area contributed by atoms with Crippen LogP contribution in [0.2, 0.25) is 0 Å². The number of allylic oxidation sites excluding steroid dienone is 2. The van der Waals surface area contributed by atoms with Gasteiger partial charge in [0.15, 0.2) is 0 Å². The van der Waals surface area contributed by atoms with E-state index in [4.69, 9.17) is 0 Å². The molecule has 0 saturated heterocycles. The third kappa shape index (κ3) is 4.92. The predicted octanol–water partition coefficient (Wildman–Crippen LogP) is 4.49. The van der Waals surface area contributed by atoms with Crippen LogP contribution in [0, 0.1) is 0 Å². The van der Waals surface area contributed by atoms with Gasteiger partial charge >= 0.3 is 0 Å². The zero-order valence-corrected chi connectivity index (χ0v) is 14.4. The summed E-state index contributed by atoms with van der Waals surface area (Å²) >= 11 is 0. The minimum absolute atomic E-state index is 0.0420. The van der Waals surface area contributed by atoms with Crippen molar-refractivity contribution in [3.8, 4) is 0 Å². The number of nitrogens with one attached hydrogen (secondary N) is 1. The predicted molar refractivity (Wildman–Crippen MR) is 98.3 cm³/mol. The van der Waals surface area contributed by atoms with Gasteiger partial charge in [0.25, 0.3) is 5.91 Å². The SMILES string of the molecule is C/C=C(\C)CN=CC/C(=C\C)C(=O)Nc1ccc2c(c1)CCC2. The Balaban J connectivity index is 1.92. The maximum absolute atomic E-state index is 12.4. The summed E-state index contributed by atoms with van der Waals surface area (Å²) in [6, 6.07) is 6.24. The summed E-state index contributed by atoms with van der Waals surface area (Å²) in [7, 11) is 0. The number of amides is 1. The first-order valence-corrected chi connectivity index (χ1v) is 8.32. The van der Waals surface area contributed by atoms with Gasteiger partial charge < -0.3 is 5.32 Å². The number of carbonyl (C=O) groups is 1. The highest BCUT2D eigenvalue weighted by Crippen LogP contribution is 2.25. The molecule has 0 bridgehead atoms. The minimum atomic E-state index is -0.0420. The van der Waals surface area contributed by atoms with Gasteiger partial charge in [-0.15, -0.1) is 0 Å². The zero-order valence-electron chi connectivity index (χ0n) is 14.4. The van der Waals surface area contributed by atoms with E-state index < -0.39 is 0 Å². The molecular formula is C20H26N2O.